The molecule has 0 spiro atoms. The molecule has 0 atom stereocenters. The molecular formula is C36H49F3N6OS. The first kappa shape index (κ1) is 36.4. The van der Waals surface area contributed by atoms with E-state index >= 15 is 0 Å². The molecule has 1 aromatic carbocycles. The third kappa shape index (κ3) is 10.8. The maximum absolute atomic E-state index is 13.4. The maximum Gasteiger partial charge on any atom is 0.397 e. The van der Waals surface area contributed by atoms with Crippen molar-refractivity contribution < 1.29 is 17.9 Å². The second-order valence-corrected chi connectivity index (χ2v) is 14.8. The lowest BCUT2D eigenvalue weighted by molar-refractivity contribution is -0.219. The summed E-state index contributed by atoms with van der Waals surface area (Å²) < 4.78 is 50.7. The summed E-state index contributed by atoms with van der Waals surface area (Å²) in [5, 5.41) is 5.38. The van der Waals surface area contributed by atoms with Crippen LogP contribution in [0, 0.1) is 10.8 Å². The van der Waals surface area contributed by atoms with E-state index in [1.54, 1.807) is 16.9 Å². The van der Waals surface area contributed by atoms with Gasteiger partial charge in [0.2, 0.25) is 5.88 Å². The number of hydrogen-bond acceptors (Lipinski definition) is 7. The van der Waals surface area contributed by atoms with E-state index in [0.717, 1.165) is 81.0 Å². The van der Waals surface area contributed by atoms with Gasteiger partial charge in [-0.2, -0.15) is 13.2 Å². The van der Waals surface area contributed by atoms with Crippen molar-refractivity contribution in [3.8, 4) is 5.88 Å². The molecule has 11 heteroatoms. The first-order valence-electron chi connectivity index (χ1n) is 16.4. The largest absolute Gasteiger partial charge is 0.476 e. The molecule has 0 amide bonds. The number of allylic oxidation sites excluding steroid dienone is 2. The fourth-order valence-electron chi connectivity index (χ4n) is 5.20. The Labute approximate surface area is 282 Å². The highest BCUT2D eigenvalue weighted by Crippen LogP contribution is 2.37. The van der Waals surface area contributed by atoms with Gasteiger partial charge in [-0.15, -0.1) is 5.10 Å². The SMILES string of the molecule is CC(C)(C)CN1CCCCCCc2ccccc2/C(N)=C(n2ccc(OCC(C)(C)C(F)(F)F)n2)/C=C\CCNSc2cccc1n2. The Bertz CT molecular complexity index is 1510. The molecule has 1 aliphatic heterocycles. The summed E-state index contributed by atoms with van der Waals surface area (Å²) in [6.45, 7) is 11.0. The molecule has 3 aromatic rings. The zero-order valence-electron chi connectivity index (χ0n) is 28.2. The number of nitrogens with one attached hydrogen (secondary N) is 1. The van der Waals surface area contributed by atoms with Crippen molar-refractivity contribution in [1.82, 2.24) is 19.5 Å². The number of ether oxygens (including phenoxy) is 1. The zero-order valence-corrected chi connectivity index (χ0v) is 29.1. The average molecular weight is 671 g/mol. The van der Waals surface area contributed by atoms with Crippen molar-refractivity contribution in [3.05, 3.63) is 78.0 Å². The molecule has 47 heavy (non-hydrogen) atoms. The molecule has 0 fully saturated rings. The number of halogens is 3. The third-order valence-corrected chi connectivity index (χ3v) is 8.72. The van der Waals surface area contributed by atoms with Gasteiger partial charge in [-0.05, 0) is 80.7 Å². The minimum absolute atomic E-state index is 0.101. The van der Waals surface area contributed by atoms with Crippen LogP contribution in [-0.2, 0) is 6.42 Å². The molecule has 7 nitrogen and oxygen atoms in total. The molecule has 3 N–H and O–H groups in total. The Hall–Kier alpha value is -3.44. The van der Waals surface area contributed by atoms with Crippen molar-refractivity contribution in [2.75, 3.05) is 31.1 Å². The maximum atomic E-state index is 13.4. The third-order valence-electron chi connectivity index (χ3n) is 7.93. The van der Waals surface area contributed by atoms with E-state index in [2.05, 4.69) is 53.7 Å². The number of pyridine rings is 1. The lowest BCUT2D eigenvalue weighted by atomic mass is 9.94. The molecular weight excluding hydrogens is 621 g/mol. The van der Waals surface area contributed by atoms with Crippen molar-refractivity contribution in [2.45, 2.75) is 84.3 Å². The van der Waals surface area contributed by atoms with Gasteiger partial charge in [0, 0.05) is 37.5 Å². The fourth-order valence-corrected chi connectivity index (χ4v) is 5.85. The van der Waals surface area contributed by atoms with E-state index in [9.17, 15) is 13.2 Å². The summed E-state index contributed by atoms with van der Waals surface area (Å²) in [7, 11) is 0. The van der Waals surface area contributed by atoms with Gasteiger partial charge in [0.15, 0.2) is 0 Å². The van der Waals surface area contributed by atoms with E-state index < -0.39 is 18.2 Å². The Kier molecular flexibility index (Phi) is 12.5. The van der Waals surface area contributed by atoms with Gasteiger partial charge >= 0.3 is 6.18 Å². The number of rotatable bonds is 5. The van der Waals surface area contributed by atoms with Crippen LogP contribution in [0.15, 0.2) is 71.9 Å². The number of anilines is 1. The predicted molar refractivity (Wildman–Crippen MR) is 187 cm³/mol. The van der Waals surface area contributed by atoms with Crippen LogP contribution in [0.1, 0.15) is 77.8 Å². The summed E-state index contributed by atoms with van der Waals surface area (Å²) in [5.41, 5.74) is 8.23. The smallest absolute Gasteiger partial charge is 0.397 e. The molecule has 256 valence electrons. The quantitative estimate of drug-likeness (QED) is 0.263. The van der Waals surface area contributed by atoms with Crippen LogP contribution < -0.4 is 20.1 Å². The van der Waals surface area contributed by atoms with Gasteiger partial charge in [-0.25, -0.2) is 9.67 Å². The highest BCUT2D eigenvalue weighted by atomic mass is 32.2. The average Bonchev–Trinajstić information content (AvgIpc) is 3.48. The molecule has 0 aliphatic carbocycles. The van der Waals surface area contributed by atoms with Gasteiger partial charge in [-0.3, -0.25) is 4.72 Å². The molecule has 0 radical (unpaired) electrons. The Morgan fingerprint density at radius 3 is 2.49 bits per heavy atom. The number of alkyl halides is 3. The standard InChI is InChI=1S/C36H49F3N6OS/c1-34(2,3)25-44-23-13-7-6-8-15-27-16-9-10-17-28(27)33(40)29(18-11-12-22-41-47-32-20-14-19-30(44)42-32)45-24-21-31(43-45)46-26-35(4,5)36(37,38)39/h9-11,14,16-21,24,41H,6-8,12-13,15,22-23,25-26,40H2,1-5H3/b18-11-,33-29+. The van der Waals surface area contributed by atoms with Gasteiger partial charge in [0.25, 0.3) is 0 Å². The number of benzene rings is 1. The van der Waals surface area contributed by atoms with E-state index in [1.165, 1.54) is 11.9 Å². The second kappa shape index (κ2) is 16.1. The van der Waals surface area contributed by atoms with Crippen LogP contribution in [0.2, 0.25) is 0 Å². The molecule has 4 rings (SSSR count). The van der Waals surface area contributed by atoms with Crippen molar-refractivity contribution in [3.63, 3.8) is 0 Å². The number of hydrogen-bond donors (Lipinski definition) is 2. The van der Waals surface area contributed by atoms with Crippen LogP contribution >= 0.6 is 11.9 Å². The summed E-state index contributed by atoms with van der Waals surface area (Å²) >= 11 is 1.51. The molecule has 2 aromatic heterocycles. The number of aromatic nitrogens is 3. The van der Waals surface area contributed by atoms with E-state index in [-0.39, 0.29) is 11.3 Å². The summed E-state index contributed by atoms with van der Waals surface area (Å²) in [4.78, 5) is 7.37. The highest BCUT2D eigenvalue weighted by molar-refractivity contribution is 7.97. The summed E-state index contributed by atoms with van der Waals surface area (Å²) in [6.07, 6.45) is 7.09. The van der Waals surface area contributed by atoms with E-state index in [0.29, 0.717) is 24.4 Å². The van der Waals surface area contributed by atoms with Crippen LogP contribution in [0.3, 0.4) is 0 Å². The summed E-state index contributed by atoms with van der Waals surface area (Å²) in [6, 6.07) is 15.9. The van der Waals surface area contributed by atoms with E-state index in [4.69, 9.17) is 15.5 Å². The molecule has 0 saturated carbocycles. The minimum atomic E-state index is -4.40. The monoisotopic (exact) mass is 670 g/mol. The molecule has 3 heterocycles. The minimum Gasteiger partial charge on any atom is -0.476 e. The van der Waals surface area contributed by atoms with E-state index in [1.807, 2.05) is 36.4 Å². The fraction of sp³-hybridized carbons (Fsp3) is 0.500. The highest BCUT2D eigenvalue weighted by Gasteiger charge is 2.48. The number of aryl methyl sites for hydroxylation is 1. The first-order chi connectivity index (χ1) is 22.2. The van der Waals surface area contributed by atoms with Crippen molar-refractivity contribution in [1.29, 1.82) is 0 Å². The van der Waals surface area contributed by atoms with Crippen LogP contribution in [0.5, 0.6) is 5.88 Å². The van der Waals surface area contributed by atoms with Gasteiger partial charge in [-0.1, -0.05) is 70.0 Å². The van der Waals surface area contributed by atoms with Crippen molar-refractivity contribution in [2.24, 2.45) is 16.6 Å². The van der Waals surface area contributed by atoms with Gasteiger partial charge in [0.1, 0.15) is 17.5 Å². The number of nitrogens with two attached hydrogens (primary N) is 1. The Balaban J connectivity index is 1.59. The topological polar surface area (TPSA) is 81.2 Å². The summed E-state index contributed by atoms with van der Waals surface area (Å²) in [5.74, 6) is 1.11. The Morgan fingerprint density at radius 2 is 1.72 bits per heavy atom. The second-order valence-electron chi connectivity index (χ2n) is 13.9. The Morgan fingerprint density at radius 1 is 0.957 bits per heavy atom. The molecule has 0 unspecified atom stereocenters. The van der Waals surface area contributed by atoms with Crippen molar-refractivity contribution >= 4 is 29.2 Å². The molecule has 2 bridgehead atoms. The number of nitrogens with zero attached hydrogens (tertiary/aromatic N) is 4. The number of fused-ring (bicyclic) bond motifs is 3. The van der Waals surface area contributed by atoms with Crippen LogP contribution in [0.4, 0.5) is 19.0 Å². The van der Waals surface area contributed by atoms with Crippen LogP contribution in [0.25, 0.3) is 11.4 Å². The van der Waals surface area contributed by atoms with Gasteiger partial charge < -0.3 is 15.4 Å². The van der Waals surface area contributed by atoms with Crippen LogP contribution in [-0.4, -0.2) is 47.2 Å². The lowest BCUT2D eigenvalue weighted by Crippen LogP contribution is -2.37. The predicted octanol–water partition coefficient (Wildman–Crippen LogP) is 8.74. The normalized spacial score (nSPS) is 18.8. The zero-order chi connectivity index (χ0) is 34.1. The molecule has 1 aliphatic rings. The first-order valence-corrected chi connectivity index (χ1v) is 17.2. The van der Waals surface area contributed by atoms with Gasteiger partial charge in [0.05, 0.1) is 16.8 Å². The molecule has 0 saturated heterocycles. The lowest BCUT2D eigenvalue weighted by Gasteiger charge is -2.31.